The second kappa shape index (κ2) is 7.79. The fourth-order valence-electron chi connectivity index (χ4n) is 3.76. The summed E-state index contributed by atoms with van der Waals surface area (Å²) in [4.78, 5) is 17.0. The molecule has 0 atom stereocenters. The number of thiazole rings is 1. The Labute approximate surface area is 174 Å². The summed E-state index contributed by atoms with van der Waals surface area (Å²) in [5, 5.41) is 6.69. The van der Waals surface area contributed by atoms with Crippen molar-refractivity contribution in [1.82, 2.24) is 15.0 Å². The predicted molar refractivity (Wildman–Crippen MR) is 121 cm³/mol. The zero-order chi connectivity index (χ0) is 19.6. The van der Waals surface area contributed by atoms with E-state index in [0.717, 1.165) is 46.5 Å². The second-order valence-electron chi connectivity index (χ2n) is 7.39. The first-order valence-electron chi connectivity index (χ1n) is 10.0. The number of hydrogen-bond acceptors (Lipinski definition) is 6. The van der Waals surface area contributed by atoms with Crippen LogP contribution in [0.1, 0.15) is 24.1 Å². The summed E-state index contributed by atoms with van der Waals surface area (Å²) in [5.41, 5.74) is 5.33. The molecule has 5 nitrogen and oxygen atoms in total. The smallest absolute Gasteiger partial charge is 0.172 e. The van der Waals surface area contributed by atoms with Crippen LogP contribution in [0.5, 0.6) is 0 Å². The highest BCUT2D eigenvalue weighted by Crippen LogP contribution is 2.30. The SMILES string of the molecule is Cc1ccccc1-c1nc(CNc2nc3ccccc3nc2N2CCCC2)cs1. The molecule has 0 saturated carbocycles. The van der Waals surface area contributed by atoms with Crippen LogP contribution in [0.15, 0.2) is 53.9 Å². The average Bonchev–Trinajstić information content (AvgIpc) is 3.44. The summed E-state index contributed by atoms with van der Waals surface area (Å²) in [6.45, 7) is 4.84. The van der Waals surface area contributed by atoms with E-state index < -0.39 is 0 Å². The van der Waals surface area contributed by atoms with Gasteiger partial charge >= 0.3 is 0 Å². The molecule has 5 rings (SSSR count). The number of aromatic nitrogens is 3. The summed E-state index contributed by atoms with van der Waals surface area (Å²) >= 11 is 1.69. The van der Waals surface area contributed by atoms with E-state index in [0.29, 0.717) is 6.54 Å². The third-order valence-corrected chi connectivity index (χ3v) is 6.25. The second-order valence-corrected chi connectivity index (χ2v) is 8.25. The Bertz CT molecular complexity index is 1150. The zero-order valence-corrected chi connectivity index (χ0v) is 17.2. The first-order chi connectivity index (χ1) is 14.3. The molecule has 1 aliphatic heterocycles. The van der Waals surface area contributed by atoms with E-state index in [9.17, 15) is 0 Å². The van der Waals surface area contributed by atoms with Gasteiger partial charge in [0.2, 0.25) is 0 Å². The van der Waals surface area contributed by atoms with Crippen LogP contribution in [0.3, 0.4) is 0 Å². The predicted octanol–water partition coefficient (Wildman–Crippen LogP) is 5.27. The third kappa shape index (κ3) is 3.68. The minimum atomic E-state index is 0.635. The summed E-state index contributed by atoms with van der Waals surface area (Å²) in [6, 6.07) is 16.4. The van der Waals surface area contributed by atoms with E-state index in [2.05, 4.69) is 46.8 Å². The van der Waals surface area contributed by atoms with Crippen molar-refractivity contribution in [2.24, 2.45) is 0 Å². The van der Waals surface area contributed by atoms with Gasteiger partial charge in [0.15, 0.2) is 11.6 Å². The lowest BCUT2D eigenvalue weighted by atomic mass is 10.1. The lowest BCUT2D eigenvalue weighted by Gasteiger charge is -2.20. The fourth-order valence-corrected chi connectivity index (χ4v) is 4.67. The topological polar surface area (TPSA) is 53.9 Å². The van der Waals surface area contributed by atoms with E-state index in [1.807, 2.05) is 24.3 Å². The van der Waals surface area contributed by atoms with E-state index >= 15 is 0 Å². The van der Waals surface area contributed by atoms with Crippen LogP contribution >= 0.6 is 11.3 Å². The molecule has 4 aromatic rings. The number of hydrogen-bond donors (Lipinski definition) is 1. The highest BCUT2D eigenvalue weighted by molar-refractivity contribution is 7.13. The fraction of sp³-hybridized carbons (Fsp3) is 0.261. The molecule has 2 aromatic heterocycles. The van der Waals surface area contributed by atoms with Crippen molar-refractivity contribution in [3.05, 3.63) is 65.2 Å². The molecular formula is C23H23N5S. The van der Waals surface area contributed by atoms with Crippen molar-refractivity contribution >= 4 is 34.0 Å². The van der Waals surface area contributed by atoms with E-state index in [1.54, 1.807) is 11.3 Å². The van der Waals surface area contributed by atoms with Crippen LogP contribution in [0, 0.1) is 6.92 Å². The minimum Gasteiger partial charge on any atom is -0.361 e. The normalized spacial score (nSPS) is 13.9. The van der Waals surface area contributed by atoms with Gasteiger partial charge in [-0.25, -0.2) is 15.0 Å². The summed E-state index contributed by atoms with van der Waals surface area (Å²) in [5.74, 6) is 1.80. The zero-order valence-electron chi connectivity index (χ0n) is 16.4. The van der Waals surface area contributed by atoms with Gasteiger partial charge in [0, 0.05) is 24.0 Å². The van der Waals surface area contributed by atoms with Crippen molar-refractivity contribution < 1.29 is 0 Å². The summed E-state index contributed by atoms with van der Waals surface area (Å²) < 4.78 is 0. The molecule has 146 valence electrons. The number of benzene rings is 2. The summed E-state index contributed by atoms with van der Waals surface area (Å²) in [7, 11) is 0. The number of nitrogens with zero attached hydrogens (tertiary/aromatic N) is 4. The van der Waals surface area contributed by atoms with E-state index in [4.69, 9.17) is 15.0 Å². The molecule has 0 amide bonds. The highest BCUT2D eigenvalue weighted by atomic mass is 32.1. The lowest BCUT2D eigenvalue weighted by Crippen LogP contribution is -2.21. The van der Waals surface area contributed by atoms with Crippen LogP contribution in [0.4, 0.5) is 11.6 Å². The van der Waals surface area contributed by atoms with Gasteiger partial charge in [-0.15, -0.1) is 11.3 Å². The maximum atomic E-state index is 4.92. The van der Waals surface area contributed by atoms with E-state index in [-0.39, 0.29) is 0 Å². The molecule has 1 saturated heterocycles. The Kier molecular flexibility index (Phi) is 4.86. The van der Waals surface area contributed by atoms with Crippen LogP contribution in [-0.4, -0.2) is 28.0 Å². The highest BCUT2D eigenvalue weighted by Gasteiger charge is 2.19. The molecule has 0 bridgehead atoms. The van der Waals surface area contributed by atoms with Gasteiger partial charge < -0.3 is 10.2 Å². The van der Waals surface area contributed by atoms with Crippen molar-refractivity contribution in [1.29, 1.82) is 0 Å². The number of para-hydroxylation sites is 2. The Morgan fingerprint density at radius 1 is 0.931 bits per heavy atom. The molecule has 0 spiro atoms. The number of fused-ring (bicyclic) bond motifs is 1. The molecular weight excluding hydrogens is 378 g/mol. The third-order valence-electron chi connectivity index (χ3n) is 5.32. The van der Waals surface area contributed by atoms with Gasteiger partial charge in [-0.05, 0) is 37.5 Å². The maximum Gasteiger partial charge on any atom is 0.172 e. The lowest BCUT2D eigenvalue weighted by molar-refractivity contribution is 0.930. The number of nitrogens with one attached hydrogen (secondary N) is 1. The molecule has 0 unspecified atom stereocenters. The first kappa shape index (κ1) is 18.1. The van der Waals surface area contributed by atoms with Crippen LogP contribution < -0.4 is 10.2 Å². The van der Waals surface area contributed by atoms with Gasteiger partial charge in [0.1, 0.15) is 5.01 Å². The Hall–Kier alpha value is -2.99. The molecule has 1 fully saturated rings. The van der Waals surface area contributed by atoms with Crippen molar-refractivity contribution in [2.75, 3.05) is 23.3 Å². The monoisotopic (exact) mass is 401 g/mol. The molecule has 2 aromatic carbocycles. The van der Waals surface area contributed by atoms with Gasteiger partial charge in [-0.2, -0.15) is 0 Å². The molecule has 1 N–H and O–H groups in total. The van der Waals surface area contributed by atoms with Crippen molar-refractivity contribution in [2.45, 2.75) is 26.3 Å². The standard InChI is InChI=1S/C23H23N5S/c1-16-8-2-3-9-18(16)23-25-17(15-29-23)14-24-21-22(28-12-6-7-13-28)27-20-11-5-4-10-19(20)26-21/h2-5,8-11,15H,6-7,12-14H2,1H3,(H,24,26). The van der Waals surface area contributed by atoms with Crippen LogP contribution in [-0.2, 0) is 6.54 Å². The van der Waals surface area contributed by atoms with Gasteiger partial charge in [-0.3, -0.25) is 0 Å². The van der Waals surface area contributed by atoms with Crippen LogP contribution in [0.2, 0.25) is 0 Å². The molecule has 6 heteroatoms. The van der Waals surface area contributed by atoms with Gasteiger partial charge in [0.25, 0.3) is 0 Å². The largest absolute Gasteiger partial charge is 0.361 e. The Morgan fingerprint density at radius 2 is 1.66 bits per heavy atom. The maximum absolute atomic E-state index is 4.92. The Morgan fingerprint density at radius 3 is 2.45 bits per heavy atom. The minimum absolute atomic E-state index is 0.635. The molecule has 29 heavy (non-hydrogen) atoms. The number of rotatable bonds is 5. The first-order valence-corrected chi connectivity index (χ1v) is 10.9. The number of aryl methyl sites for hydroxylation is 1. The molecule has 0 radical (unpaired) electrons. The van der Waals surface area contributed by atoms with Crippen molar-refractivity contribution in [3.8, 4) is 10.6 Å². The quantitative estimate of drug-likeness (QED) is 0.493. The summed E-state index contributed by atoms with van der Waals surface area (Å²) in [6.07, 6.45) is 2.42. The van der Waals surface area contributed by atoms with Gasteiger partial charge in [0.05, 0.1) is 23.3 Å². The molecule has 1 aliphatic rings. The van der Waals surface area contributed by atoms with E-state index in [1.165, 1.54) is 24.0 Å². The van der Waals surface area contributed by atoms with Crippen molar-refractivity contribution in [3.63, 3.8) is 0 Å². The molecule has 3 heterocycles. The number of anilines is 2. The Balaban J connectivity index is 1.42. The van der Waals surface area contributed by atoms with Crippen LogP contribution in [0.25, 0.3) is 21.6 Å². The average molecular weight is 402 g/mol. The van der Waals surface area contributed by atoms with Gasteiger partial charge in [-0.1, -0.05) is 36.4 Å². The molecule has 0 aliphatic carbocycles.